The van der Waals surface area contributed by atoms with Gasteiger partial charge in [-0.25, -0.2) is 4.79 Å². The van der Waals surface area contributed by atoms with Crippen molar-refractivity contribution in [2.45, 2.75) is 6.29 Å². The third-order valence-electron chi connectivity index (χ3n) is 0.375. The van der Waals surface area contributed by atoms with E-state index in [0.29, 0.717) is 0 Å². The average molecular weight is 145 g/mol. The van der Waals surface area contributed by atoms with Crippen molar-refractivity contribution in [2.24, 2.45) is 5.73 Å². The normalized spacial score (nSPS) is 8.33. The van der Waals surface area contributed by atoms with Crippen LogP contribution in [0.4, 0.5) is 4.79 Å². The van der Waals surface area contributed by atoms with E-state index in [1.807, 2.05) is 0 Å². The van der Waals surface area contributed by atoms with Crippen LogP contribution in [0.3, 0.4) is 0 Å². The van der Waals surface area contributed by atoms with Crippen LogP contribution >= 0.6 is 0 Å². The Balaban J connectivity index is 0. The molecule has 5 nitrogen and oxygen atoms in total. The van der Waals surface area contributed by atoms with Crippen LogP contribution in [0.2, 0.25) is 0 Å². The number of hydrogen-bond acceptors (Lipinski definition) is 4. The standard InChI is InChI=1S/C3H7NO4.Na.H/c4-3(7)8-1-2(5)6;;/h2,5-6H,1H2,(H2,4,7);;. The summed E-state index contributed by atoms with van der Waals surface area (Å²) < 4.78 is 3.94. The molecule has 0 aromatic heterocycles. The van der Waals surface area contributed by atoms with E-state index in [4.69, 9.17) is 10.2 Å². The summed E-state index contributed by atoms with van der Waals surface area (Å²) in [5, 5.41) is 16.0. The van der Waals surface area contributed by atoms with Gasteiger partial charge in [-0.3, -0.25) is 0 Å². The fourth-order valence-corrected chi connectivity index (χ4v) is 0.157. The molecule has 0 aliphatic rings. The number of ether oxygens (including phenoxy) is 1. The molecule has 6 heteroatoms. The zero-order chi connectivity index (χ0) is 6.57. The van der Waals surface area contributed by atoms with E-state index in [0.717, 1.165) is 0 Å². The molecule has 0 rings (SSSR count). The molecule has 0 aromatic carbocycles. The number of amides is 1. The molecule has 0 aliphatic carbocycles. The Morgan fingerprint density at radius 1 is 1.67 bits per heavy atom. The first-order valence-corrected chi connectivity index (χ1v) is 1.91. The van der Waals surface area contributed by atoms with Crippen LogP contribution in [0.5, 0.6) is 0 Å². The first kappa shape index (κ1) is 11.9. The Bertz CT molecular complexity index is 85.9. The van der Waals surface area contributed by atoms with Crippen LogP contribution in [-0.2, 0) is 4.74 Å². The molecule has 0 radical (unpaired) electrons. The van der Waals surface area contributed by atoms with Crippen LogP contribution < -0.4 is 5.73 Å². The predicted octanol–water partition coefficient (Wildman–Crippen LogP) is -2.26. The van der Waals surface area contributed by atoms with E-state index in [1.165, 1.54) is 0 Å². The Morgan fingerprint density at radius 3 is 2.22 bits per heavy atom. The van der Waals surface area contributed by atoms with Crippen LogP contribution in [0.15, 0.2) is 0 Å². The first-order valence-electron chi connectivity index (χ1n) is 1.91. The molecule has 0 atom stereocenters. The minimum atomic E-state index is -1.64. The monoisotopic (exact) mass is 145 g/mol. The molecule has 0 spiro atoms. The molecule has 0 aromatic rings. The van der Waals surface area contributed by atoms with Crippen molar-refractivity contribution in [1.29, 1.82) is 0 Å². The second-order valence-corrected chi connectivity index (χ2v) is 1.11. The van der Waals surface area contributed by atoms with Gasteiger partial charge in [-0.1, -0.05) is 0 Å². The first-order chi connectivity index (χ1) is 3.63. The second-order valence-electron chi connectivity index (χ2n) is 1.11. The van der Waals surface area contributed by atoms with Crippen molar-refractivity contribution >= 4 is 35.7 Å². The second kappa shape index (κ2) is 6.31. The Kier molecular flexibility index (Phi) is 8.36. The number of aliphatic hydroxyl groups excluding tert-OH is 1. The van der Waals surface area contributed by atoms with Gasteiger partial charge in [0.1, 0.15) is 6.61 Å². The summed E-state index contributed by atoms with van der Waals surface area (Å²) in [7, 11) is 0. The van der Waals surface area contributed by atoms with Crippen LogP contribution in [0, 0.1) is 0 Å². The molecule has 0 unspecified atom stereocenters. The van der Waals surface area contributed by atoms with Gasteiger partial charge in [-0.05, 0) is 0 Å². The fourth-order valence-electron chi connectivity index (χ4n) is 0.157. The molecule has 0 aliphatic heterocycles. The van der Waals surface area contributed by atoms with Crippen molar-refractivity contribution in [3.8, 4) is 0 Å². The van der Waals surface area contributed by atoms with Crippen LogP contribution in [0.25, 0.3) is 0 Å². The third-order valence-corrected chi connectivity index (χ3v) is 0.375. The van der Waals surface area contributed by atoms with E-state index in [9.17, 15) is 4.79 Å². The quantitative estimate of drug-likeness (QED) is 0.302. The van der Waals surface area contributed by atoms with Gasteiger partial charge in [-0.2, -0.15) is 0 Å². The van der Waals surface area contributed by atoms with Gasteiger partial charge in [-0.15, -0.1) is 0 Å². The van der Waals surface area contributed by atoms with Gasteiger partial charge in [0.15, 0.2) is 6.29 Å². The summed E-state index contributed by atoms with van der Waals surface area (Å²) in [6.07, 6.45) is -2.65. The third kappa shape index (κ3) is 11.7. The molecule has 9 heavy (non-hydrogen) atoms. The summed E-state index contributed by atoms with van der Waals surface area (Å²) in [5.41, 5.74) is 4.46. The maximum absolute atomic E-state index is 9.68. The molecule has 0 saturated heterocycles. The molecule has 1 amide bonds. The maximum atomic E-state index is 9.68. The Labute approximate surface area is 74.1 Å². The number of rotatable bonds is 2. The predicted molar refractivity (Wildman–Crippen MR) is 30.9 cm³/mol. The number of carbonyl (C=O) groups is 1. The number of hydrogen-bond donors (Lipinski definition) is 3. The molecule has 0 heterocycles. The van der Waals surface area contributed by atoms with Crippen LogP contribution in [0.1, 0.15) is 0 Å². The molecule has 0 bridgehead atoms. The molecular weight excluding hydrogens is 137 g/mol. The van der Waals surface area contributed by atoms with Gasteiger partial charge in [0.2, 0.25) is 0 Å². The summed E-state index contributed by atoms with van der Waals surface area (Å²) in [5.74, 6) is 0. The van der Waals surface area contributed by atoms with E-state index in [1.54, 1.807) is 0 Å². The van der Waals surface area contributed by atoms with Crippen molar-refractivity contribution in [3.63, 3.8) is 0 Å². The average Bonchev–Trinajstić information content (AvgIpc) is 1.61. The van der Waals surface area contributed by atoms with E-state index < -0.39 is 19.0 Å². The van der Waals surface area contributed by atoms with Crippen molar-refractivity contribution in [3.05, 3.63) is 0 Å². The number of aliphatic hydroxyl groups is 2. The minimum absolute atomic E-state index is 0. The van der Waals surface area contributed by atoms with E-state index in [-0.39, 0.29) is 29.6 Å². The molecule has 50 valence electrons. The number of carbonyl (C=O) groups excluding carboxylic acids is 1. The van der Waals surface area contributed by atoms with Crippen LogP contribution in [-0.4, -0.2) is 58.8 Å². The topological polar surface area (TPSA) is 92.8 Å². The number of nitrogens with two attached hydrogens (primary N) is 1. The van der Waals surface area contributed by atoms with Gasteiger partial charge >= 0.3 is 35.7 Å². The fraction of sp³-hybridized carbons (Fsp3) is 0.667. The summed E-state index contributed by atoms with van der Waals surface area (Å²) in [6.45, 7) is -0.477. The summed E-state index contributed by atoms with van der Waals surface area (Å²) >= 11 is 0. The SMILES string of the molecule is NC(=O)OCC(O)O.[NaH]. The summed E-state index contributed by atoms with van der Waals surface area (Å²) in [6, 6.07) is 0. The van der Waals surface area contributed by atoms with Gasteiger partial charge < -0.3 is 20.7 Å². The van der Waals surface area contributed by atoms with E-state index in [2.05, 4.69) is 10.5 Å². The van der Waals surface area contributed by atoms with Crippen molar-refractivity contribution < 1.29 is 19.7 Å². The van der Waals surface area contributed by atoms with Crippen molar-refractivity contribution in [1.82, 2.24) is 0 Å². The molecule has 4 N–H and O–H groups in total. The zero-order valence-corrected chi connectivity index (χ0v) is 4.07. The zero-order valence-electron chi connectivity index (χ0n) is 4.07. The van der Waals surface area contributed by atoms with Gasteiger partial charge in [0.25, 0.3) is 0 Å². The van der Waals surface area contributed by atoms with Gasteiger partial charge in [0, 0.05) is 0 Å². The van der Waals surface area contributed by atoms with E-state index >= 15 is 0 Å². The molecular formula is C3H8NNaO4. The summed E-state index contributed by atoms with van der Waals surface area (Å²) in [4.78, 5) is 9.68. The van der Waals surface area contributed by atoms with Gasteiger partial charge in [0.05, 0.1) is 0 Å². The molecule has 0 fully saturated rings. The van der Waals surface area contributed by atoms with Crippen molar-refractivity contribution in [2.75, 3.05) is 6.61 Å². The Hall–Kier alpha value is 0.190. The molecule has 0 saturated carbocycles. The Morgan fingerprint density at radius 2 is 2.11 bits per heavy atom. The number of primary amides is 1.